The first-order valence-corrected chi connectivity index (χ1v) is 9.03. The predicted octanol–water partition coefficient (Wildman–Crippen LogP) is 4.03. The molecule has 1 N–H and O–H groups in total. The molecule has 4 rings (SSSR count). The first-order valence-electron chi connectivity index (χ1n) is 9.03. The van der Waals surface area contributed by atoms with E-state index in [2.05, 4.69) is 10.3 Å². The van der Waals surface area contributed by atoms with Crippen LogP contribution >= 0.6 is 0 Å². The summed E-state index contributed by atoms with van der Waals surface area (Å²) in [7, 11) is 0. The van der Waals surface area contributed by atoms with Gasteiger partial charge in [0.15, 0.2) is 0 Å². The van der Waals surface area contributed by atoms with Gasteiger partial charge < -0.3 is 9.64 Å². The zero-order chi connectivity index (χ0) is 19.3. The van der Waals surface area contributed by atoms with E-state index in [9.17, 15) is 9.59 Å². The van der Waals surface area contributed by atoms with Gasteiger partial charge in [0.2, 0.25) is 0 Å². The minimum atomic E-state index is -0.535. The van der Waals surface area contributed by atoms with Gasteiger partial charge in [0.05, 0.1) is 5.56 Å². The van der Waals surface area contributed by atoms with Crippen LogP contribution in [0.25, 0.3) is 0 Å². The molecule has 1 aliphatic rings. The maximum absolute atomic E-state index is 12.8. The monoisotopic (exact) mass is 373 g/mol. The molecular formula is C22H19N3O3. The van der Waals surface area contributed by atoms with Crippen molar-refractivity contribution in [3.05, 3.63) is 89.7 Å². The Morgan fingerprint density at radius 1 is 1.07 bits per heavy atom. The third-order valence-electron chi connectivity index (χ3n) is 4.59. The molecule has 3 aromatic rings. The number of hydrogen-bond donors (Lipinski definition) is 1. The summed E-state index contributed by atoms with van der Waals surface area (Å²) in [4.78, 5) is 30.6. The highest BCUT2D eigenvalue weighted by atomic mass is 16.5. The van der Waals surface area contributed by atoms with Gasteiger partial charge in [-0.3, -0.25) is 15.1 Å². The number of carbonyl (C=O) groups is 2. The maximum atomic E-state index is 12.8. The van der Waals surface area contributed by atoms with Crippen LogP contribution in [0.4, 0.5) is 16.2 Å². The minimum absolute atomic E-state index is 0.101. The van der Waals surface area contributed by atoms with E-state index in [-0.39, 0.29) is 12.5 Å². The third-order valence-corrected chi connectivity index (χ3v) is 4.59. The molecule has 0 fully saturated rings. The Kier molecular flexibility index (Phi) is 5.01. The Morgan fingerprint density at radius 3 is 2.71 bits per heavy atom. The zero-order valence-corrected chi connectivity index (χ0v) is 15.2. The van der Waals surface area contributed by atoms with E-state index in [1.807, 2.05) is 42.5 Å². The van der Waals surface area contributed by atoms with Crippen molar-refractivity contribution in [1.29, 1.82) is 0 Å². The summed E-state index contributed by atoms with van der Waals surface area (Å²) in [6, 6.07) is 18.5. The molecule has 140 valence electrons. The average Bonchev–Trinajstić information content (AvgIpc) is 3.16. The number of anilines is 2. The van der Waals surface area contributed by atoms with E-state index in [4.69, 9.17) is 4.74 Å². The smallest absolute Gasteiger partial charge is 0.411 e. The Labute approximate surface area is 162 Å². The van der Waals surface area contributed by atoms with Crippen molar-refractivity contribution in [2.24, 2.45) is 0 Å². The lowest BCUT2D eigenvalue weighted by Crippen LogP contribution is -2.29. The number of hydrogen-bond acceptors (Lipinski definition) is 4. The first kappa shape index (κ1) is 17.7. The highest BCUT2D eigenvalue weighted by Gasteiger charge is 2.26. The number of nitrogens with one attached hydrogen (secondary N) is 1. The van der Waals surface area contributed by atoms with Gasteiger partial charge in [-0.15, -0.1) is 0 Å². The summed E-state index contributed by atoms with van der Waals surface area (Å²) in [5.74, 6) is -0.101. The largest absolute Gasteiger partial charge is 0.444 e. The third kappa shape index (κ3) is 3.86. The van der Waals surface area contributed by atoms with E-state index in [0.29, 0.717) is 17.8 Å². The normalized spacial score (nSPS) is 12.4. The SMILES string of the molecule is O=C(Nc1ccc2c(c1)N(C(=O)c1cccnc1)CC2)OCc1ccccc1. The molecule has 6 nitrogen and oxygen atoms in total. The molecule has 0 saturated carbocycles. The van der Waals surface area contributed by atoms with Crippen LogP contribution in [0.1, 0.15) is 21.5 Å². The topological polar surface area (TPSA) is 71.5 Å². The van der Waals surface area contributed by atoms with Crippen molar-refractivity contribution in [3.63, 3.8) is 0 Å². The van der Waals surface area contributed by atoms with E-state index in [1.54, 1.807) is 35.5 Å². The number of nitrogens with zero attached hydrogens (tertiary/aromatic N) is 2. The zero-order valence-electron chi connectivity index (χ0n) is 15.2. The Bertz CT molecular complexity index is 990. The molecule has 1 aromatic heterocycles. The molecule has 0 aliphatic carbocycles. The number of pyridine rings is 1. The minimum Gasteiger partial charge on any atom is -0.444 e. The molecule has 0 saturated heterocycles. The van der Waals surface area contributed by atoms with Crippen molar-refractivity contribution < 1.29 is 14.3 Å². The summed E-state index contributed by atoms with van der Waals surface area (Å²) in [6.45, 7) is 0.800. The van der Waals surface area contributed by atoms with Gasteiger partial charge in [-0.25, -0.2) is 4.79 Å². The number of benzene rings is 2. The number of rotatable bonds is 4. The molecule has 1 aliphatic heterocycles. The fourth-order valence-electron chi connectivity index (χ4n) is 3.19. The van der Waals surface area contributed by atoms with Gasteiger partial charge in [0.1, 0.15) is 6.61 Å². The van der Waals surface area contributed by atoms with Gasteiger partial charge in [-0.2, -0.15) is 0 Å². The molecule has 0 bridgehead atoms. The average molecular weight is 373 g/mol. The van der Waals surface area contributed by atoms with Crippen LogP contribution in [0.3, 0.4) is 0 Å². The van der Waals surface area contributed by atoms with Crippen LogP contribution in [0.15, 0.2) is 73.1 Å². The van der Waals surface area contributed by atoms with Crippen LogP contribution in [-0.4, -0.2) is 23.5 Å². The molecule has 0 atom stereocenters. The molecule has 0 spiro atoms. The maximum Gasteiger partial charge on any atom is 0.411 e. The second kappa shape index (κ2) is 7.92. The fraction of sp³-hybridized carbons (Fsp3) is 0.136. The lowest BCUT2D eigenvalue weighted by atomic mass is 10.1. The van der Waals surface area contributed by atoms with Crippen LogP contribution in [0.2, 0.25) is 0 Å². The molecule has 0 radical (unpaired) electrons. The lowest BCUT2D eigenvalue weighted by molar-refractivity contribution is 0.0989. The first-order chi connectivity index (χ1) is 13.7. The molecule has 2 amide bonds. The Hall–Kier alpha value is -3.67. The van der Waals surface area contributed by atoms with Crippen molar-refractivity contribution in [2.45, 2.75) is 13.0 Å². The molecule has 28 heavy (non-hydrogen) atoms. The molecular weight excluding hydrogens is 354 g/mol. The Morgan fingerprint density at radius 2 is 1.93 bits per heavy atom. The number of fused-ring (bicyclic) bond motifs is 1. The number of aromatic nitrogens is 1. The highest BCUT2D eigenvalue weighted by molar-refractivity contribution is 6.07. The van der Waals surface area contributed by atoms with E-state index in [0.717, 1.165) is 23.2 Å². The van der Waals surface area contributed by atoms with Gasteiger partial charge >= 0.3 is 6.09 Å². The molecule has 2 heterocycles. The lowest BCUT2D eigenvalue weighted by Gasteiger charge is -2.18. The molecule has 0 unspecified atom stereocenters. The number of carbonyl (C=O) groups excluding carboxylic acids is 2. The van der Waals surface area contributed by atoms with Crippen LogP contribution < -0.4 is 10.2 Å². The quantitative estimate of drug-likeness (QED) is 0.749. The molecule has 6 heteroatoms. The van der Waals surface area contributed by atoms with Crippen molar-refractivity contribution in [2.75, 3.05) is 16.8 Å². The van der Waals surface area contributed by atoms with E-state index >= 15 is 0 Å². The van der Waals surface area contributed by atoms with E-state index in [1.165, 1.54) is 0 Å². The number of amides is 2. The summed E-state index contributed by atoms with van der Waals surface area (Å²) in [5.41, 5.74) is 3.91. The van der Waals surface area contributed by atoms with Crippen molar-refractivity contribution in [3.8, 4) is 0 Å². The van der Waals surface area contributed by atoms with Crippen molar-refractivity contribution in [1.82, 2.24) is 4.98 Å². The predicted molar refractivity (Wildman–Crippen MR) is 106 cm³/mol. The second-order valence-corrected chi connectivity index (χ2v) is 6.48. The Balaban J connectivity index is 1.44. The molecule has 2 aromatic carbocycles. The van der Waals surface area contributed by atoms with Gasteiger partial charge in [-0.05, 0) is 41.8 Å². The summed E-state index contributed by atoms with van der Waals surface area (Å²) in [6.07, 6.45) is 3.44. The van der Waals surface area contributed by atoms with Crippen molar-refractivity contribution >= 4 is 23.4 Å². The van der Waals surface area contributed by atoms with E-state index < -0.39 is 6.09 Å². The van der Waals surface area contributed by atoms with Crippen LogP contribution in [0.5, 0.6) is 0 Å². The summed E-state index contributed by atoms with van der Waals surface area (Å²) < 4.78 is 5.26. The number of ether oxygens (including phenoxy) is 1. The second-order valence-electron chi connectivity index (χ2n) is 6.48. The van der Waals surface area contributed by atoms with Gasteiger partial charge in [-0.1, -0.05) is 36.4 Å². The standard InChI is InChI=1S/C22H19N3O3/c26-21(18-7-4-11-23-14-18)25-12-10-17-8-9-19(13-20(17)25)24-22(27)28-15-16-5-2-1-3-6-16/h1-9,11,13-14H,10,12,15H2,(H,24,27). The van der Waals surface area contributed by atoms with Gasteiger partial charge in [0.25, 0.3) is 5.91 Å². The fourth-order valence-corrected chi connectivity index (χ4v) is 3.19. The summed E-state index contributed by atoms with van der Waals surface area (Å²) in [5, 5.41) is 2.73. The highest BCUT2D eigenvalue weighted by Crippen LogP contribution is 2.32. The summed E-state index contributed by atoms with van der Waals surface area (Å²) >= 11 is 0. The van der Waals surface area contributed by atoms with Crippen LogP contribution in [0, 0.1) is 0 Å². The van der Waals surface area contributed by atoms with Crippen LogP contribution in [-0.2, 0) is 17.8 Å². The van der Waals surface area contributed by atoms with Gasteiger partial charge in [0, 0.05) is 30.3 Å².